The number of hydrogen-bond acceptors (Lipinski definition) is 2. The van der Waals surface area contributed by atoms with Gasteiger partial charge in [0.1, 0.15) is 11.3 Å². The molecule has 1 aromatic heterocycles. The Hall–Kier alpha value is -1.37. The molecule has 0 bridgehead atoms. The Morgan fingerprint density at radius 2 is 2.06 bits per heavy atom. The lowest BCUT2D eigenvalue weighted by Gasteiger charge is -1.99. The first-order valence-electron chi connectivity index (χ1n) is 5.68. The van der Waals surface area contributed by atoms with E-state index in [-0.39, 0.29) is 5.56 Å². The van der Waals surface area contributed by atoms with Gasteiger partial charge in [-0.2, -0.15) is 5.10 Å². The molecule has 0 saturated carbocycles. The molecule has 0 aliphatic rings. The van der Waals surface area contributed by atoms with E-state index >= 15 is 0 Å². The average Bonchev–Trinajstić information content (AvgIpc) is 2.75. The average molecular weight is 356 g/mol. The second-order valence-electron chi connectivity index (χ2n) is 3.97. The summed E-state index contributed by atoms with van der Waals surface area (Å²) in [5.74, 6) is -0.939. The van der Waals surface area contributed by atoms with Crippen LogP contribution in [0.4, 0.5) is 0 Å². The van der Waals surface area contributed by atoms with Crippen LogP contribution in [0.25, 0.3) is 11.3 Å². The van der Waals surface area contributed by atoms with E-state index in [9.17, 15) is 9.90 Å². The number of nitrogens with zero attached hydrogens (tertiary/aromatic N) is 2. The zero-order valence-electron chi connectivity index (χ0n) is 9.93. The number of halogens is 1. The number of aromatic nitrogens is 2. The molecule has 1 N–H and O–H groups in total. The first-order valence-corrected chi connectivity index (χ1v) is 6.76. The molecule has 2 rings (SSSR count). The third-order valence-corrected chi connectivity index (χ3v) is 3.28. The Labute approximate surface area is 119 Å². The molecule has 2 aromatic rings. The lowest BCUT2D eigenvalue weighted by atomic mass is 10.1. The third-order valence-electron chi connectivity index (χ3n) is 2.56. The Bertz CT molecular complexity index is 561. The van der Waals surface area contributed by atoms with Gasteiger partial charge in [0.2, 0.25) is 0 Å². The molecular formula is C13H13IN2O2. The second-order valence-corrected chi connectivity index (χ2v) is 5.21. The standard InChI is InChI=1S/C13H13IN2O2/c1-2-7-16-8-11(13(17)18)12(15-16)9-3-5-10(14)6-4-9/h3-6,8H,2,7H2,1H3,(H,17,18). The molecule has 0 amide bonds. The third kappa shape index (κ3) is 2.72. The number of carboxylic acids is 1. The van der Waals surface area contributed by atoms with E-state index in [1.807, 2.05) is 31.2 Å². The van der Waals surface area contributed by atoms with Crippen molar-refractivity contribution in [2.75, 3.05) is 0 Å². The van der Waals surface area contributed by atoms with E-state index in [1.165, 1.54) is 0 Å². The molecule has 0 saturated heterocycles. The fourth-order valence-electron chi connectivity index (χ4n) is 1.74. The Morgan fingerprint density at radius 1 is 1.39 bits per heavy atom. The molecule has 1 heterocycles. The summed E-state index contributed by atoms with van der Waals surface area (Å²) in [5, 5.41) is 13.6. The van der Waals surface area contributed by atoms with Crippen LogP contribution in [-0.2, 0) is 6.54 Å². The highest BCUT2D eigenvalue weighted by molar-refractivity contribution is 14.1. The van der Waals surface area contributed by atoms with Crippen molar-refractivity contribution in [2.45, 2.75) is 19.9 Å². The summed E-state index contributed by atoms with van der Waals surface area (Å²) in [6.07, 6.45) is 2.52. The van der Waals surface area contributed by atoms with Gasteiger partial charge in [-0.3, -0.25) is 4.68 Å². The molecule has 0 fully saturated rings. The van der Waals surface area contributed by atoms with Crippen LogP contribution >= 0.6 is 22.6 Å². The number of carboxylic acid groups (broad SMARTS) is 1. The lowest BCUT2D eigenvalue weighted by Crippen LogP contribution is -1.97. The van der Waals surface area contributed by atoms with Crippen LogP contribution in [0.2, 0.25) is 0 Å². The SMILES string of the molecule is CCCn1cc(C(=O)O)c(-c2ccc(I)cc2)n1. The predicted octanol–water partition coefficient (Wildman–Crippen LogP) is 3.26. The largest absolute Gasteiger partial charge is 0.478 e. The Balaban J connectivity index is 2.47. The molecule has 0 radical (unpaired) electrons. The van der Waals surface area contributed by atoms with E-state index < -0.39 is 5.97 Å². The van der Waals surface area contributed by atoms with Gasteiger partial charge < -0.3 is 5.11 Å². The van der Waals surface area contributed by atoms with Gasteiger partial charge in [-0.05, 0) is 41.1 Å². The Morgan fingerprint density at radius 3 is 2.61 bits per heavy atom. The number of hydrogen-bond donors (Lipinski definition) is 1. The first kappa shape index (κ1) is 13.1. The van der Waals surface area contributed by atoms with Gasteiger partial charge in [-0.15, -0.1) is 0 Å². The van der Waals surface area contributed by atoms with Gasteiger partial charge in [-0.25, -0.2) is 4.79 Å². The van der Waals surface area contributed by atoms with Crippen molar-refractivity contribution in [2.24, 2.45) is 0 Å². The highest BCUT2D eigenvalue weighted by Crippen LogP contribution is 2.23. The predicted molar refractivity (Wildman–Crippen MR) is 77.6 cm³/mol. The van der Waals surface area contributed by atoms with Crippen molar-refractivity contribution >= 4 is 28.6 Å². The van der Waals surface area contributed by atoms with Crippen molar-refractivity contribution in [1.82, 2.24) is 9.78 Å². The number of rotatable bonds is 4. The quantitative estimate of drug-likeness (QED) is 0.856. The maximum Gasteiger partial charge on any atom is 0.339 e. The summed E-state index contributed by atoms with van der Waals surface area (Å²) < 4.78 is 2.80. The summed E-state index contributed by atoms with van der Waals surface area (Å²) in [5.41, 5.74) is 1.62. The monoisotopic (exact) mass is 356 g/mol. The summed E-state index contributed by atoms with van der Waals surface area (Å²) in [4.78, 5) is 11.2. The summed E-state index contributed by atoms with van der Waals surface area (Å²) in [6.45, 7) is 2.76. The molecule has 1 aromatic carbocycles. The van der Waals surface area contributed by atoms with Crippen LogP contribution in [-0.4, -0.2) is 20.9 Å². The van der Waals surface area contributed by atoms with Gasteiger partial charge in [-0.1, -0.05) is 19.1 Å². The van der Waals surface area contributed by atoms with Crippen LogP contribution < -0.4 is 0 Å². The maximum absolute atomic E-state index is 11.2. The van der Waals surface area contributed by atoms with E-state index in [0.29, 0.717) is 5.69 Å². The van der Waals surface area contributed by atoms with E-state index in [0.717, 1.165) is 22.1 Å². The van der Waals surface area contributed by atoms with Gasteiger partial charge in [0, 0.05) is 21.9 Å². The molecule has 0 aliphatic carbocycles. The van der Waals surface area contributed by atoms with Gasteiger partial charge >= 0.3 is 5.97 Å². The molecule has 0 unspecified atom stereocenters. The summed E-state index contributed by atoms with van der Waals surface area (Å²) >= 11 is 2.21. The topological polar surface area (TPSA) is 55.1 Å². The summed E-state index contributed by atoms with van der Waals surface area (Å²) in [7, 11) is 0. The van der Waals surface area contributed by atoms with Crippen molar-refractivity contribution in [1.29, 1.82) is 0 Å². The normalized spacial score (nSPS) is 10.6. The van der Waals surface area contributed by atoms with E-state index in [2.05, 4.69) is 27.7 Å². The van der Waals surface area contributed by atoms with Crippen molar-refractivity contribution in [3.63, 3.8) is 0 Å². The van der Waals surface area contributed by atoms with E-state index in [1.54, 1.807) is 10.9 Å². The minimum Gasteiger partial charge on any atom is -0.478 e. The molecule has 0 aliphatic heterocycles. The van der Waals surface area contributed by atoms with Crippen LogP contribution in [0.5, 0.6) is 0 Å². The highest BCUT2D eigenvalue weighted by Gasteiger charge is 2.16. The van der Waals surface area contributed by atoms with Crippen LogP contribution in [0.15, 0.2) is 30.5 Å². The zero-order valence-corrected chi connectivity index (χ0v) is 12.1. The van der Waals surface area contributed by atoms with Crippen LogP contribution in [0.3, 0.4) is 0 Å². The van der Waals surface area contributed by atoms with Gasteiger partial charge in [0.15, 0.2) is 0 Å². The van der Waals surface area contributed by atoms with Crippen LogP contribution in [0, 0.1) is 3.57 Å². The van der Waals surface area contributed by atoms with E-state index in [4.69, 9.17) is 0 Å². The maximum atomic E-state index is 11.2. The molecule has 0 spiro atoms. The van der Waals surface area contributed by atoms with Gasteiger partial charge in [0.25, 0.3) is 0 Å². The zero-order chi connectivity index (χ0) is 13.1. The van der Waals surface area contributed by atoms with Crippen molar-refractivity contribution < 1.29 is 9.90 Å². The second kappa shape index (κ2) is 5.51. The summed E-state index contributed by atoms with van der Waals surface area (Å²) in [6, 6.07) is 7.68. The lowest BCUT2D eigenvalue weighted by molar-refractivity contribution is 0.0697. The fraction of sp³-hybridized carbons (Fsp3) is 0.231. The molecule has 4 nitrogen and oxygen atoms in total. The molecule has 0 atom stereocenters. The van der Waals surface area contributed by atoms with Crippen molar-refractivity contribution in [3.05, 3.63) is 39.6 Å². The smallest absolute Gasteiger partial charge is 0.339 e. The number of aromatic carboxylic acids is 1. The van der Waals surface area contributed by atoms with Crippen LogP contribution in [0.1, 0.15) is 23.7 Å². The number of carbonyl (C=O) groups is 1. The highest BCUT2D eigenvalue weighted by atomic mass is 127. The first-order chi connectivity index (χ1) is 8.61. The van der Waals surface area contributed by atoms with Crippen molar-refractivity contribution in [3.8, 4) is 11.3 Å². The Kier molecular flexibility index (Phi) is 4.00. The molecule has 94 valence electrons. The van der Waals surface area contributed by atoms with Gasteiger partial charge in [0.05, 0.1) is 0 Å². The molecule has 18 heavy (non-hydrogen) atoms. The number of benzene rings is 1. The minimum atomic E-state index is -0.939. The number of aryl methyl sites for hydroxylation is 1. The molecule has 5 heteroatoms. The molecular weight excluding hydrogens is 343 g/mol. The minimum absolute atomic E-state index is 0.254. The fourth-order valence-corrected chi connectivity index (χ4v) is 2.10.